The first-order valence-corrected chi connectivity index (χ1v) is 12.6. The van der Waals surface area contributed by atoms with Crippen LogP contribution < -0.4 is 0 Å². The average Bonchev–Trinajstić information content (AvgIpc) is 3.17. The lowest BCUT2D eigenvalue weighted by molar-refractivity contribution is 0.381. The maximum absolute atomic E-state index is 8.74. The van der Waals surface area contributed by atoms with Gasteiger partial charge < -0.3 is 4.57 Å². The smallest absolute Gasteiger partial charge is 0.343 e. The predicted octanol–water partition coefficient (Wildman–Crippen LogP) is 6.19. The number of aliphatic imine (C=N–C) groups is 1. The number of nitrogens with zero attached hydrogens (tertiary/aromatic N) is 2. The van der Waals surface area contributed by atoms with Crippen LogP contribution in [0.4, 0.5) is 0 Å². The first-order valence-electron chi connectivity index (χ1n) is 11.2. The first kappa shape index (κ1) is 25.1. The van der Waals surface area contributed by atoms with Crippen LogP contribution in [0.3, 0.4) is 0 Å². The predicted molar refractivity (Wildman–Crippen MR) is 147 cm³/mol. The van der Waals surface area contributed by atoms with Crippen molar-refractivity contribution in [3.63, 3.8) is 0 Å². The molecule has 6 nitrogen and oxygen atoms in total. The summed E-state index contributed by atoms with van der Waals surface area (Å²) < 4.78 is 33.9. The zero-order valence-electron chi connectivity index (χ0n) is 19.9. The fourth-order valence-electron chi connectivity index (χ4n) is 4.42. The summed E-state index contributed by atoms with van der Waals surface area (Å²) in [5.41, 5.74) is 9.54. The van der Waals surface area contributed by atoms with Gasteiger partial charge in [-0.1, -0.05) is 91.0 Å². The number of hydrogen-bond acceptors (Lipinski definition) is 3. The minimum Gasteiger partial charge on any atom is -0.343 e. The summed E-state index contributed by atoms with van der Waals surface area (Å²) >= 11 is 0. The summed E-state index contributed by atoms with van der Waals surface area (Å²) in [5.74, 6) is 0. The van der Waals surface area contributed by atoms with Gasteiger partial charge in [-0.25, -0.2) is 0 Å². The number of aryl methyl sites for hydroxylation is 1. The molecule has 4 aromatic rings. The minimum atomic E-state index is -4.67. The summed E-state index contributed by atoms with van der Waals surface area (Å²) in [6.07, 6.45) is 8.54. The number of benzene rings is 3. The molecule has 0 spiro atoms. The fourth-order valence-corrected chi connectivity index (χ4v) is 4.42. The Morgan fingerprint density at radius 3 is 1.89 bits per heavy atom. The Labute approximate surface area is 210 Å². The van der Waals surface area contributed by atoms with Crippen molar-refractivity contribution in [1.82, 2.24) is 4.57 Å². The molecule has 0 unspecified atom stereocenters. The molecule has 1 heterocycles. The second-order valence-electron chi connectivity index (χ2n) is 8.13. The summed E-state index contributed by atoms with van der Waals surface area (Å²) in [5, 5.41) is 1.26. The van der Waals surface area contributed by atoms with Gasteiger partial charge in [0.05, 0.1) is 11.4 Å². The van der Waals surface area contributed by atoms with Gasteiger partial charge in [0.2, 0.25) is 0 Å². The van der Waals surface area contributed by atoms with E-state index in [9.17, 15) is 0 Å². The lowest BCUT2D eigenvalue weighted by Crippen LogP contribution is -2.00. The molecule has 1 aliphatic carbocycles. The van der Waals surface area contributed by atoms with Crippen molar-refractivity contribution in [2.45, 2.75) is 0 Å². The van der Waals surface area contributed by atoms with Gasteiger partial charge in [0.25, 0.3) is 0 Å². The van der Waals surface area contributed by atoms with Gasteiger partial charge in [0.15, 0.2) is 0 Å². The lowest BCUT2D eigenvalue weighted by Gasteiger charge is -2.16. The van der Waals surface area contributed by atoms with E-state index in [-0.39, 0.29) is 0 Å². The molecule has 3 aromatic carbocycles. The third kappa shape index (κ3) is 5.60. The zero-order chi connectivity index (χ0) is 25.7. The van der Waals surface area contributed by atoms with Crippen molar-refractivity contribution in [2.24, 2.45) is 12.0 Å². The van der Waals surface area contributed by atoms with Gasteiger partial charge in [-0.2, -0.15) is 8.42 Å². The van der Waals surface area contributed by atoms with E-state index >= 15 is 0 Å². The standard InChI is InChI=1S/C29H24N2.H2O4S/c1-30-24-19-17-22(18-20-24)27(21-11-5-3-6-12-21)28-25-15-9-10-16-26(25)31(2)29(28)23-13-7-4-8-14-23;1-5(2,3)4/h3-20H,1-2H3;(H2,1,2,3,4). The Bertz CT molecular complexity index is 1590. The Hall–Kier alpha value is -4.04. The Kier molecular flexibility index (Phi) is 7.45. The minimum absolute atomic E-state index is 0.984. The van der Waals surface area contributed by atoms with Gasteiger partial charge in [-0.3, -0.25) is 14.1 Å². The molecule has 0 saturated carbocycles. The van der Waals surface area contributed by atoms with Crippen molar-refractivity contribution < 1.29 is 17.5 Å². The molecule has 1 aliphatic rings. The molecule has 5 rings (SSSR count). The van der Waals surface area contributed by atoms with E-state index in [2.05, 4.69) is 126 Å². The number of allylic oxidation sites excluding steroid dienone is 5. The molecule has 0 aliphatic heterocycles. The topological polar surface area (TPSA) is 91.9 Å². The van der Waals surface area contributed by atoms with Gasteiger partial charge in [0, 0.05) is 30.6 Å². The largest absolute Gasteiger partial charge is 0.394 e. The molecule has 2 N–H and O–H groups in total. The van der Waals surface area contributed by atoms with Crippen LogP contribution in [0.15, 0.2) is 120 Å². The molecular formula is C29H26N2O4S. The highest BCUT2D eigenvalue weighted by molar-refractivity contribution is 7.79. The van der Waals surface area contributed by atoms with Crippen LogP contribution in [-0.2, 0) is 17.4 Å². The first-order chi connectivity index (χ1) is 17.3. The SMILES string of the molecule is CN=C1C=CC(=C(c2ccccc2)c2c(-c3ccccc3)n(C)c3ccccc23)C=C1.O=S(=O)(O)O. The van der Waals surface area contributed by atoms with Gasteiger partial charge in [-0.15, -0.1) is 0 Å². The van der Waals surface area contributed by atoms with Crippen LogP contribution in [0.5, 0.6) is 0 Å². The summed E-state index contributed by atoms with van der Waals surface area (Å²) in [6.45, 7) is 0. The van der Waals surface area contributed by atoms with E-state index in [4.69, 9.17) is 17.5 Å². The van der Waals surface area contributed by atoms with E-state index in [1.807, 2.05) is 7.05 Å². The molecule has 36 heavy (non-hydrogen) atoms. The quantitative estimate of drug-likeness (QED) is 0.329. The van der Waals surface area contributed by atoms with Gasteiger partial charge in [0.1, 0.15) is 0 Å². The molecule has 0 amide bonds. The number of para-hydroxylation sites is 1. The maximum Gasteiger partial charge on any atom is 0.394 e. The van der Waals surface area contributed by atoms with E-state index in [1.165, 1.54) is 44.4 Å². The van der Waals surface area contributed by atoms with Crippen LogP contribution in [0.25, 0.3) is 27.7 Å². The van der Waals surface area contributed by atoms with Crippen molar-refractivity contribution in [3.05, 3.63) is 126 Å². The van der Waals surface area contributed by atoms with Crippen molar-refractivity contribution in [3.8, 4) is 11.3 Å². The normalized spacial score (nSPS) is 12.9. The summed E-state index contributed by atoms with van der Waals surface area (Å²) in [7, 11) is -0.676. The number of fused-ring (bicyclic) bond motifs is 1. The van der Waals surface area contributed by atoms with Gasteiger partial charge >= 0.3 is 10.4 Å². The highest BCUT2D eigenvalue weighted by Crippen LogP contribution is 2.42. The number of aromatic nitrogens is 1. The Morgan fingerprint density at radius 1 is 0.778 bits per heavy atom. The van der Waals surface area contributed by atoms with E-state index in [1.54, 1.807) is 0 Å². The van der Waals surface area contributed by atoms with Gasteiger partial charge in [-0.05, 0) is 40.5 Å². The van der Waals surface area contributed by atoms with E-state index in [0.717, 1.165) is 5.71 Å². The molecule has 182 valence electrons. The fraction of sp³-hybridized carbons (Fsp3) is 0.0690. The maximum atomic E-state index is 8.74. The highest BCUT2D eigenvalue weighted by Gasteiger charge is 2.22. The summed E-state index contributed by atoms with van der Waals surface area (Å²) in [4.78, 5) is 4.32. The van der Waals surface area contributed by atoms with Crippen LogP contribution in [0.2, 0.25) is 0 Å². The van der Waals surface area contributed by atoms with Crippen molar-refractivity contribution >= 4 is 32.6 Å². The Morgan fingerprint density at radius 2 is 1.31 bits per heavy atom. The van der Waals surface area contributed by atoms with Crippen molar-refractivity contribution in [1.29, 1.82) is 0 Å². The lowest BCUT2D eigenvalue weighted by atomic mass is 9.88. The highest BCUT2D eigenvalue weighted by atomic mass is 32.3. The van der Waals surface area contributed by atoms with Crippen LogP contribution >= 0.6 is 0 Å². The Balaban J connectivity index is 0.000000556. The zero-order valence-corrected chi connectivity index (χ0v) is 20.7. The second kappa shape index (κ2) is 10.7. The van der Waals surface area contributed by atoms with Crippen LogP contribution in [0, 0.1) is 0 Å². The molecule has 7 heteroatoms. The number of hydrogen-bond donors (Lipinski definition) is 2. The van der Waals surface area contributed by atoms with E-state index < -0.39 is 10.4 Å². The molecule has 0 radical (unpaired) electrons. The molecule has 0 atom stereocenters. The molecule has 0 fully saturated rings. The molecule has 0 saturated heterocycles. The summed E-state index contributed by atoms with van der Waals surface area (Å²) in [6, 6.07) is 30.0. The third-order valence-electron chi connectivity index (χ3n) is 5.88. The van der Waals surface area contributed by atoms with Crippen LogP contribution in [0.1, 0.15) is 11.1 Å². The average molecular weight is 499 g/mol. The van der Waals surface area contributed by atoms with Crippen molar-refractivity contribution in [2.75, 3.05) is 7.05 Å². The molecular weight excluding hydrogens is 472 g/mol. The van der Waals surface area contributed by atoms with Crippen LogP contribution in [-0.4, -0.2) is 34.8 Å². The molecule has 0 bridgehead atoms. The van der Waals surface area contributed by atoms with E-state index in [0.29, 0.717) is 0 Å². The third-order valence-corrected chi connectivity index (χ3v) is 5.88. The number of rotatable bonds is 3. The monoisotopic (exact) mass is 498 g/mol. The molecule has 1 aromatic heterocycles. The second-order valence-corrected chi connectivity index (χ2v) is 9.02.